The number of hydrogen-bond acceptors (Lipinski definition) is 10. The number of nitrogens with one attached hydrogen (secondary N) is 7. The quantitative estimate of drug-likeness (QED) is 0.0784. The van der Waals surface area contributed by atoms with Crippen LogP contribution in [0, 0.1) is 5.92 Å². The summed E-state index contributed by atoms with van der Waals surface area (Å²) >= 11 is 0. The monoisotopic (exact) mass is 1060 g/mol. The molecular formula is C59H70N10O9. The first-order valence-corrected chi connectivity index (χ1v) is 27.2. The highest BCUT2D eigenvalue weighted by atomic mass is 16.3. The predicted octanol–water partition coefficient (Wildman–Crippen LogP) is 2.43. The molecule has 4 fully saturated rings. The van der Waals surface area contributed by atoms with E-state index in [1.807, 2.05) is 117 Å². The summed E-state index contributed by atoms with van der Waals surface area (Å²) in [4.78, 5) is 119. The summed E-state index contributed by atoms with van der Waals surface area (Å²) in [7, 11) is 0. The Bertz CT molecular complexity index is 3020. The van der Waals surface area contributed by atoms with Gasteiger partial charge in [0.25, 0.3) is 0 Å². The van der Waals surface area contributed by atoms with Gasteiger partial charge in [-0.25, -0.2) is 0 Å². The molecule has 1 unspecified atom stereocenters. The van der Waals surface area contributed by atoms with Gasteiger partial charge in [0.1, 0.15) is 42.5 Å². The number of nitrogens with zero attached hydrogens (tertiary/aromatic N) is 2. The Labute approximate surface area is 453 Å². The van der Waals surface area contributed by atoms with Crippen LogP contribution in [0.5, 0.6) is 0 Å². The van der Waals surface area contributed by atoms with Crippen LogP contribution < -0.4 is 37.6 Å². The van der Waals surface area contributed by atoms with Crippen LogP contribution in [0.1, 0.15) is 81.0 Å². The minimum Gasteiger partial charge on any atom is -0.376 e. The van der Waals surface area contributed by atoms with Crippen molar-refractivity contribution in [2.75, 3.05) is 13.1 Å². The Hall–Kier alpha value is -7.90. The number of rotatable bonds is 14. The van der Waals surface area contributed by atoms with Crippen LogP contribution in [0.15, 0.2) is 109 Å². The molecule has 9 atom stereocenters. The molecule has 0 spiro atoms. The zero-order valence-electron chi connectivity index (χ0n) is 44.0. The highest BCUT2D eigenvalue weighted by Crippen LogP contribution is 2.32. The Morgan fingerprint density at radius 1 is 0.603 bits per heavy atom. The van der Waals surface area contributed by atoms with Crippen LogP contribution in [-0.2, 0) is 64.0 Å². The van der Waals surface area contributed by atoms with Gasteiger partial charge >= 0.3 is 0 Å². The first kappa shape index (κ1) is 54.9. The lowest BCUT2D eigenvalue weighted by molar-refractivity contribution is -0.143. The fourth-order valence-corrected chi connectivity index (χ4v) is 11.5. The molecule has 4 aliphatic heterocycles. The second-order valence-corrected chi connectivity index (χ2v) is 21.6. The minimum atomic E-state index is -1.26. The van der Waals surface area contributed by atoms with Crippen LogP contribution >= 0.6 is 0 Å². The summed E-state index contributed by atoms with van der Waals surface area (Å²) in [6.45, 7) is 4.61. The van der Waals surface area contributed by atoms with Crippen LogP contribution in [-0.4, -0.2) is 135 Å². The minimum absolute atomic E-state index is 0.00862. The van der Waals surface area contributed by atoms with Gasteiger partial charge in [0.2, 0.25) is 47.3 Å². The summed E-state index contributed by atoms with van der Waals surface area (Å²) in [6, 6.07) is 23.8. The molecule has 5 aromatic rings. The highest BCUT2D eigenvalue weighted by Gasteiger charge is 2.43. The summed E-state index contributed by atoms with van der Waals surface area (Å²) in [6.07, 6.45) is 3.08. The number of aromatic nitrogens is 1. The van der Waals surface area contributed by atoms with Gasteiger partial charge in [-0.2, -0.15) is 0 Å². The zero-order chi connectivity index (χ0) is 55.0. The van der Waals surface area contributed by atoms with Crippen LogP contribution in [0.25, 0.3) is 22.0 Å². The maximum atomic E-state index is 14.7. The second-order valence-electron chi connectivity index (χ2n) is 21.6. The smallest absolute Gasteiger partial charge is 0.246 e. The van der Waals surface area contributed by atoms with Gasteiger partial charge in [-0.1, -0.05) is 117 Å². The molecule has 0 radical (unpaired) electrons. The second kappa shape index (κ2) is 24.6. The van der Waals surface area contributed by atoms with Crippen molar-refractivity contribution in [3.63, 3.8) is 0 Å². The van der Waals surface area contributed by atoms with Gasteiger partial charge in [0.15, 0.2) is 0 Å². The van der Waals surface area contributed by atoms with Crippen LogP contribution in [0.2, 0.25) is 0 Å². The first-order chi connectivity index (χ1) is 37.6. The number of amides is 8. The third-order valence-electron chi connectivity index (χ3n) is 15.5. The SMILES string of the molecule is CC(C)C[C@@H]1NC(O)[C@H]2CCCN2C(=O)[C@H](Cc2ccccc2)NC(=O)[C@@H](Cc2c[nH]c3c(-c4cccc(C[C@@H]5NC(=O)[C@@H](CCC(N)=O)NC(=O)[C@H](Cc6ccccc6)NC(=O)[C@H]6CCCN6C5=O)c4)cccc23)NC1=O. The third kappa shape index (κ3) is 12.9. The average Bonchev–Trinajstić information content (AvgIpc) is 4.23. The molecule has 410 valence electrons. The molecule has 5 heterocycles. The maximum Gasteiger partial charge on any atom is 0.246 e. The third-order valence-corrected chi connectivity index (χ3v) is 15.5. The molecular weight excluding hydrogens is 993 g/mol. The van der Waals surface area contributed by atoms with E-state index in [-0.39, 0.29) is 56.9 Å². The van der Waals surface area contributed by atoms with Gasteiger partial charge in [-0.15, -0.1) is 0 Å². The number of benzene rings is 4. The van der Waals surface area contributed by atoms with Gasteiger partial charge in [-0.3, -0.25) is 43.7 Å². The molecule has 19 nitrogen and oxygen atoms in total. The number of carbonyl (C=O) groups excluding carboxylic acids is 8. The van der Waals surface area contributed by atoms with Crippen LogP contribution in [0.3, 0.4) is 0 Å². The maximum absolute atomic E-state index is 14.7. The van der Waals surface area contributed by atoms with Gasteiger partial charge < -0.3 is 52.2 Å². The van der Waals surface area contributed by atoms with Crippen molar-refractivity contribution < 1.29 is 43.5 Å². The number of H-pyrrole nitrogens is 1. The van der Waals surface area contributed by atoms with E-state index in [9.17, 15) is 43.5 Å². The van der Waals surface area contributed by atoms with Crippen molar-refractivity contribution in [1.29, 1.82) is 0 Å². The Kier molecular flexibility index (Phi) is 17.3. The molecule has 4 aromatic carbocycles. The summed E-state index contributed by atoms with van der Waals surface area (Å²) in [5.74, 6) is -4.17. The van der Waals surface area contributed by atoms with E-state index in [0.29, 0.717) is 49.8 Å². The topological polar surface area (TPSA) is 277 Å². The van der Waals surface area contributed by atoms with E-state index in [4.69, 9.17) is 5.73 Å². The molecule has 19 heteroatoms. The van der Waals surface area contributed by atoms with Crippen LogP contribution in [0.4, 0.5) is 0 Å². The zero-order valence-corrected chi connectivity index (χ0v) is 44.0. The van der Waals surface area contributed by atoms with Crippen molar-refractivity contribution in [1.82, 2.24) is 46.7 Å². The molecule has 0 saturated carbocycles. The van der Waals surface area contributed by atoms with E-state index in [2.05, 4.69) is 36.9 Å². The standard InChI is InChI=1S/C59H70N10O9/c1-34(2)27-43-53(72)63-45(55(74)67-46(30-36-15-7-4-8-16-36)58(77)68-25-11-21-48(68)56(75)64-43)32-39-33-61-51-40(19-10-20-41(39)51)38-18-9-17-37(28-38)31-47-59(78)69-26-12-22-49(69)57(76)65-44(29-35-13-5-3-6-14-35)54(73)62-42(52(71)66-47)23-24-50(60)70/h3-10,13-20,28,33-34,42-49,56,61,64,75H,11-12,21-27,29-32H2,1-2H3,(H2,60,70)(H,62,73)(H,63,72)(H,65,76)(H,66,71)(H,67,74)/t42-,43+,44+,45-,46+,47+,48-,49-,56?/m1/s1. The van der Waals surface area contributed by atoms with Crippen molar-refractivity contribution >= 4 is 58.2 Å². The molecule has 78 heavy (non-hydrogen) atoms. The Balaban J connectivity index is 0.992. The number of para-hydroxylation sites is 1. The molecule has 4 saturated heterocycles. The molecule has 0 aliphatic carbocycles. The lowest BCUT2D eigenvalue weighted by atomic mass is 9.95. The number of nitrogens with two attached hydrogens (primary N) is 1. The Morgan fingerprint density at radius 2 is 1.14 bits per heavy atom. The van der Waals surface area contributed by atoms with E-state index < -0.39 is 95.9 Å². The van der Waals surface area contributed by atoms with Gasteiger partial charge in [0.05, 0.1) is 17.6 Å². The number of hydrogen-bond donors (Lipinski definition) is 9. The summed E-state index contributed by atoms with van der Waals surface area (Å²) in [5.41, 5.74) is 10.8. The van der Waals surface area contributed by atoms with E-state index in [1.165, 1.54) is 4.90 Å². The van der Waals surface area contributed by atoms with Crippen molar-refractivity contribution in [2.24, 2.45) is 11.7 Å². The highest BCUT2D eigenvalue weighted by molar-refractivity contribution is 6.00. The number of carbonyl (C=O) groups is 8. The van der Waals surface area contributed by atoms with Crippen molar-refractivity contribution in [3.05, 3.63) is 132 Å². The van der Waals surface area contributed by atoms with Crippen molar-refractivity contribution in [3.8, 4) is 11.1 Å². The van der Waals surface area contributed by atoms with E-state index in [0.717, 1.165) is 33.2 Å². The fraction of sp³-hybridized carbons (Fsp3) is 0.424. The number of primary amides is 1. The number of aliphatic hydroxyl groups is 1. The fourth-order valence-electron chi connectivity index (χ4n) is 11.5. The largest absolute Gasteiger partial charge is 0.376 e. The first-order valence-electron chi connectivity index (χ1n) is 27.2. The lowest BCUT2D eigenvalue weighted by Gasteiger charge is -2.36. The molecule has 4 aliphatic rings. The van der Waals surface area contributed by atoms with E-state index in [1.54, 1.807) is 11.1 Å². The van der Waals surface area contributed by atoms with E-state index >= 15 is 0 Å². The lowest BCUT2D eigenvalue weighted by Crippen LogP contribution is -2.63. The summed E-state index contributed by atoms with van der Waals surface area (Å²) < 4.78 is 0. The predicted molar refractivity (Wildman–Crippen MR) is 291 cm³/mol. The van der Waals surface area contributed by atoms with Crippen molar-refractivity contribution in [2.45, 2.75) is 139 Å². The molecule has 1 aromatic heterocycles. The molecule has 0 bridgehead atoms. The molecule has 8 amide bonds. The normalized spacial score (nSPS) is 25.6. The number of aliphatic hydroxyl groups excluding tert-OH is 1. The number of aromatic amines is 1. The number of fused-ring (bicyclic) bond motifs is 3. The summed E-state index contributed by atoms with van der Waals surface area (Å²) in [5, 5.41) is 30.0. The van der Waals surface area contributed by atoms with Gasteiger partial charge in [0, 0.05) is 62.3 Å². The van der Waals surface area contributed by atoms with Gasteiger partial charge in [-0.05, 0) is 72.3 Å². The average molecular weight is 1060 g/mol. The molecule has 10 N–H and O–H groups in total. The Morgan fingerprint density at radius 3 is 1.82 bits per heavy atom. The molecule has 9 rings (SSSR count).